The number of nitrogen functional groups attached to an aromatic ring is 1. The maximum atomic E-state index is 11.3. The second-order valence-corrected chi connectivity index (χ2v) is 3.74. The van der Waals surface area contributed by atoms with E-state index in [-0.39, 0.29) is 24.4 Å². The Hall–Kier alpha value is -2.57. The first-order chi connectivity index (χ1) is 8.91. The number of hydrogen-bond donors (Lipinski definition) is 3. The molecule has 102 valence electrons. The fraction of sp³-hybridized carbons (Fsp3) is 0.250. The van der Waals surface area contributed by atoms with Gasteiger partial charge < -0.3 is 20.9 Å². The molecule has 1 aromatic carbocycles. The molecule has 0 saturated carbocycles. The van der Waals surface area contributed by atoms with Crippen molar-refractivity contribution >= 4 is 23.5 Å². The number of benzene rings is 1. The molecule has 0 saturated heterocycles. The minimum absolute atomic E-state index is 0.0215. The van der Waals surface area contributed by atoms with Gasteiger partial charge in [-0.25, -0.2) is 4.79 Å². The highest BCUT2D eigenvalue weighted by Gasteiger charge is 2.11. The van der Waals surface area contributed by atoms with Gasteiger partial charge in [0.15, 0.2) is 6.61 Å². The number of rotatable bonds is 5. The highest BCUT2D eigenvalue weighted by molar-refractivity contribution is 5.94. The van der Waals surface area contributed by atoms with E-state index in [9.17, 15) is 14.4 Å². The number of esters is 1. The molecule has 0 aliphatic rings. The number of carbonyl (C=O) groups is 3. The van der Waals surface area contributed by atoms with E-state index < -0.39 is 17.8 Å². The fourth-order valence-electron chi connectivity index (χ4n) is 1.37. The molecule has 19 heavy (non-hydrogen) atoms. The number of aromatic carboxylic acids is 1. The van der Waals surface area contributed by atoms with Crippen LogP contribution in [0.2, 0.25) is 0 Å². The molecule has 7 nitrogen and oxygen atoms in total. The Morgan fingerprint density at radius 3 is 2.63 bits per heavy atom. The van der Waals surface area contributed by atoms with Crippen LogP contribution in [-0.2, 0) is 20.9 Å². The lowest BCUT2D eigenvalue weighted by atomic mass is 10.1. The number of amides is 1. The fourth-order valence-corrected chi connectivity index (χ4v) is 1.37. The number of hydrogen-bond acceptors (Lipinski definition) is 5. The van der Waals surface area contributed by atoms with E-state index in [0.29, 0.717) is 5.56 Å². The molecule has 1 amide bonds. The van der Waals surface area contributed by atoms with Gasteiger partial charge in [0.25, 0.3) is 5.91 Å². The van der Waals surface area contributed by atoms with E-state index >= 15 is 0 Å². The second kappa shape index (κ2) is 6.39. The number of carboxylic acid groups (broad SMARTS) is 1. The van der Waals surface area contributed by atoms with E-state index in [1.165, 1.54) is 19.1 Å². The average Bonchev–Trinajstić information content (AvgIpc) is 2.34. The van der Waals surface area contributed by atoms with Crippen LogP contribution >= 0.6 is 0 Å². The van der Waals surface area contributed by atoms with Gasteiger partial charge in [-0.05, 0) is 11.6 Å². The van der Waals surface area contributed by atoms with Crippen molar-refractivity contribution < 1.29 is 24.2 Å². The Morgan fingerprint density at radius 1 is 1.37 bits per heavy atom. The molecule has 0 aliphatic carbocycles. The summed E-state index contributed by atoms with van der Waals surface area (Å²) in [5.74, 6) is -2.18. The lowest BCUT2D eigenvalue weighted by molar-refractivity contribution is -0.146. The van der Waals surface area contributed by atoms with Crippen LogP contribution in [0.3, 0.4) is 0 Å². The number of ether oxygens (including phenoxy) is 1. The molecule has 4 N–H and O–H groups in total. The molecule has 7 heteroatoms. The van der Waals surface area contributed by atoms with Gasteiger partial charge in [-0.3, -0.25) is 9.59 Å². The van der Waals surface area contributed by atoms with Gasteiger partial charge in [0.1, 0.15) is 0 Å². The normalized spacial score (nSPS) is 9.74. The molecule has 0 aliphatic heterocycles. The summed E-state index contributed by atoms with van der Waals surface area (Å²) >= 11 is 0. The molecule has 1 rings (SSSR count). The van der Waals surface area contributed by atoms with Gasteiger partial charge in [0, 0.05) is 13.5 Å². The molecule has 0 bridgehead atoms. The van der Waals surface area contributed by atoms with Crippen LogP contribution in [0.1, 0.15) is 22.8 Å². The summed E-state index contributed by atoms with van der Waals surface area (Å²) in [4.78, 5) is 32.7. The molecular weight excluding hydrogens is 252 g/mol. The van der Waals surface area contributed by atoms with Crippen molar-refractivity contribution in [3.05, 3.63) is 29.3 Å². The van der Waals surface area contributed by atoms with Crippen molar-refractivity contribution in [2.45, 2.75) is 13.5 Å². The van der Waals surface area contributed by atoms with Gasteiger partial charge in [0.05, 0.1) is 11.3 Å². The van der Waals surface area contributed by atoms with Crippen molar-refractivity contribution in [1.29, 1.82) is 0 Å². The minimum Gasteiger partial charge on any atom is -0.478 e. The summed E-state index contributed by atoms with van der Waals surface area (Å²) in [5, 5.41) is 11.4. The van der Waals surface area contributed by atoms with Crippen molar-refractivity contribution in [3.63, 3.8) is 0 Å². The van der Waals surface area contributed by atoms with Gasteiger partial charge in [-0.2, -0.15) is 0 Å². The summed E-state index contributed by atoms with van der Waals surface area (Å²) in [6, 6.07) is 4.52. The molecule has 0 heterocycles. The van der Waals surface area contributed by atoms with Crippen LogP contribution in [0.25, 0.3) is 0 Å². The number of nitrogens with two attached hydrogens (primary N) is 1. The Labute approximate surface area is 109 Å². The van der Waals surface area contributed by atoms with Crippen molar-refractivity contribution in [3.8, 4) is 0 Å². The minimum atomic E-state index is -1.13. The summed E-state index contributed by atoms with van der Waals surface area (Å²) in [6.45, 7) is 0.877. The van der Waals surface area contributed by atoms with Crippen LogP contribution < -0.4 is 11.1 Å². The van der Waals surface area contributed by atoms with E-state index in [4.69, 9.17) is 10.8 Å². The first-order valence-corrected chi connectivity index (χ1v) is 5.42. The Morgan fingerprint density at radius 2 is 2.05 bits per heavy atom. The third-order valence-corrected chi connectivity index (χ3v) is 2.31. The first kappa shape index (κ1) is 14.5. The first-order valence-electron chi connectivity index (χ1n) is 5.42. The Kier molecular flexibility index (Phi) is 4.87. The summed E-state index contributed by atoms with van der Waals surface area (Å²) in [7, 11) is 0. The third kappa shape index (κ3) is 4.30. The van der Waals surface area contributed by atoms with Crippen LogP contribution in [0.15, 0.2) is 18.2 Å². The lowest BCUT2D eigenvalue weighted by Gasteiger charge is -2.09. The molecule has 0 atom stereocenters. The predicted molar refractivity (Wildman–Crippen MR) is 66.3 cm³/mol. The molecule has 0 aromatic heterocycles. The zero-order valence-corrected chi connectivity index (χ0v) is 10.3. The monoisotopic (exact) mass is 266 g/mol. The smallest absolute Gasteiger partial charge is 0.337 e. The van der Waals surface area contributed by atoms with E-state index in [2.05, 4.69) is 10.1 Å². The van der Waals surface area contributed by atoms with E-state index in [1.54, 1.807) is 6.07 Å². The lowest BCUT2D eigenvalue weighted by Crippen LogP contribution is -2.28. The third-order valence-electron chi connectivity index (χ3n) is 2.31. The molecular formula is C12H14N2O5. The molecule has 0 spiro atoms. The van der Waals surface area contributed by atoms with Crippen LogP contribution in [0.4, 0.5) is 5.69 Å². The summed E-state index contributed by atoms with van der Waals surface area (Å²) in [5.41, 5.74) is 6.24. The summed E-state index contributed by atoms with van der Waals surface area (Å²) in [6.07, 6.45) is 0. The summed E-state index contributed by atoms with van der Waals surface area (Å²) < 4.78 is 4.51. The average molecular weight is 266 g/mol. The number of carboxylic acids is 1. The Balaban J connectivity index is 2.63. The number of nitrogens with one attached hydrogen (secondary N) is 1. The van der Waals surface area contributed by atoms with Crippen LogP contribution in [0, 0.1) is 0 Å². The van der Waals surface area contributed by atoms with Crippen molar-refractivity contribution in [2.75, 3.05) is 12.3 Å². The quantitative estimate of drug-likeness (QED) is 0.515. The van der Waals surface area contributed by atoms with Gasteiger partial charge in [-0.15, -0.1) is 0 Å². The largest absolute Gasteiger partial charge is 0.478 e. The molecule has 0 radical (unpaired) electrons. The van der Waals surface area contributed by atoms with Crippen LogP contribution in [-0.4, -0.2) is 29.6 Å². The zero-order valence-electron chi connectivity index (χ0n) is 10.3. The molecule has 0 unspecified atom stereocenters. The topological polar surface area (TPSA) is 119 Å². The SMILES string of the molecule is CC(=O)OCC(=O)NCc1cccc(C(=O)O)c1N. The van der Waals surface area contributed by atoms with Gasteiger partial charge >= 0.3 is 11.9 Å². The predicted octanol–water partition coefficient (Wildman–Crippen LogP) is 0.146. The van der Waals surface area contributed by atoms with Crippen LogP contribution in [0.5, 0.6) is 0 Å². The van der Waals surface area contributed by atoms with Crippen molar-refractivity contribution in [2.24, 2.45) is 0 Å². The molecule has 1 aromatic rings. The highest BCUT2D eigenvalue weighted by Crippen LogP contribution is 2.17. The van der Waals surface area contributed by atoms with Crippen molar-refractivity contribution in [1.82, 2.24) is 5.32 Å². The Bertz CT molecular complexity index is 513. The zero-order chi connectivity index (χ0) is 14.4. The maximum absolute atomic E-state index is 11.3. The second-order valence-electron chi connectivity index (χ2n) is 3.74. The maximum Gasteiger partial charge on any atom is 0.337 e. The van der Waals surface area contributed by atoms with Gasteiger partial charge in [0.2, 0.25) is 0 Å². The standard InChI is InChI=1S/C12H14N2O5/c1-7(15)19-6-10(16)14-5-8-3-2-4-9(11(8)13)12(17)18/h2-4H,5-6,13H2,1H3,(H,14,16)(H,17,18). The molecule has 0 fully saturated rings. The number of para-hydroxylation sites is 1. The van der Waals surface area contributed by atoms with E-state index in [0.717, 1.165) is 0 Å². The number of anilines is 1. The van der Waals surface area contributed by atoms with E-state index in [1.807, 2.05) is 0 Å². The highest BCUT2D eigenvalue weighted by atomic mass is 16.5. The number of carbonyl (C=O) groups excluding carboxylic acids is 2. The van der Waals surface area contributed by atoms with Gasteiger partial charge in [-0.1, -0.05) is 12.1 Å².